The molecule has 3 heterocycles. The van der Waals surface area contributed by atoms with Gasteiger partial charge in [0.2, 0.25) is 0 Å². The smallest absolute Gasteiger partial charge is 0.135 e. The van der Waals surface area contributed by atoms with Crippen molar-refractivity contribution in [1.82, 2.24) is 9.13 Å². The van der Waals surface area contributed by atoms with Crippen molar-refractivity contribution in [2.24, 2.45) is 5.92 Å². The quantitative estimate of drug-likeness (QED) is 0.177. The topological polar surface area (TPSA) is 23.0 Å². The molecule has 0 fully saturated rings. The lowest BCUT2D eigenvalue weighted by atomic mass is 9.97. The van der Waals surface area contributed by atoms with E-state index < -0.39 is 0 Å². The normalized spacial score (nSPS) is 12.7. The summed E-state index contributed by atoms with van der Waals surface area (Å²) in [5.41, 5.74) is 12.6. The van der Waals surface area contributed by atoms with E-state index in [0.29, 0.717) is 5.92 Å². The Morgan fingerprint density at radius 1 is 0.460 bits per heavy atom. The van der Waals surface area contributed by atoms with E-state index in [0.717, 1.165) is 45.5 Å². The minimum Gasteiger partial charge on any atom is -0.456 e. The van der Waals surface area contributed by atoms with Gasteiger partial charge in [-0.3, -0.25) is 0 Å². The third-order valence-corrected chi connectivity index (χ3v) is 10.7. The number of fused-ring (bicyclic) bond motifs is 9. The SMILES string of the molecule is CCC(C)Cc1ccc2oc3ccc(-c4cc(-n5c6ccccc6c6ccccc65)cc(-n5c6ccccc6c6ccccc65)c4)cc3c2c1. The van der Waals surface area contributed by atoms with Gasteiger partial charge in [0.1, 0.15) is 11.2 Å². The number of furan rings is 1. The van der Waals surface area contributed by atoms with Gasteiger partial charge in [0.05, 0.1) is 22.1 Å². The summed E-state index contributed by atoms with van der Waals surface area (Å²) in [5, 5.41) is 7.36. The third-order valence-electron chi connectivity index (χ3n) is 10.7. The Hall–Kier alpha value is -6.06. The van der Waals surface area contributed by atoms with Gasteiger partial charge in [-0.2, -0.15) is 0 Å². The Labute approximate surface area is 290 Å². The number of para-hydroxylation sites is 4. The number of hydrogen-bond donors (Lipinski definition) is 0. The molecule has 10 aromatic rings. The zero-order valence-corrected chi connectivity index (χ0v) is 28.2. The van der Waals surface area contributed by atoms with Crippen LogP contribution in [0, 0.1) is 5.92 Å². The molecule has 240 valence electrons. The summed E-state index contributed by atoms with van der Waals surface area (Å²) < 4.78 is 11.2. The van der Waals surface area contributed by atoms with Gasteiger partial charge < -0.3 is 13.6 Å². The molecular formula is C47H36N2O. The van der Waals surface area contributed by atoms with Crippen molar-refractivity contribution in [2.75, 3.05) is 0 Å². The highest BCUT2D eigenvalue weighted by molar-refractivity contribution is 6.11. The van der Waals surface area contributed by atoms with Gasteiger partial charge in [0.25, 0.3) is 0 Å². The first-order valence-electron chi connectivity index (χ1n) is 17.7. The Bertz CT molecular complexity index is 2680. The van der Waals surface area contributed by atoms with E-state index in [1.54, 1.807) is 0 Å². The molecule has 0 amide bonds. The molecular weight excluding hydrogens is 609 g/mol. The van der Waals surface area contributed by atoms with Crippen LogP contribution in [0.4, 0.5) is 0 Å². The monoisotopic (exact) mass is 644 g/mol. The second kappa shape index (κ2) is 11.2. The van der Waals surface area contributed by atoms with Crippen LogP contribution < -0.4 is 0 Å². The number of nitrogens with zero attached hydrogens (tertiary/aromatic N) is 2. The summed E-state index contributed by atoms with van der Waals surface area (Å²) in [6, 6.07) is 55.5. The van der Waals surface area contributed by atoms with Crippen molar-refractivity contribution in [3.8, 4) is 22.5 Å². The van der Waals surface area contributed by atoms with Crippen LogP contribution in [-0.2, 0) is 6.42 Å². The molecule has 0 aliphatic rings. The van der Waals surface area contributed by atoms with E-state index in [1.165, 1.54) is 61.0 Å². The van der Waals surface area contributed by atoms with Crippen molar-refractivity contribution in [3.63, 3.8) is 0 Å². The van der Waals surface area contributed by atoms with E-state index in [1.807, 2.05) is 0 Å². The lowest BCUT2D eigenvalue weighted by Crippen LogP contribution is -2.00. The van der Waals surface area contributed by atoms with Crippen LogP contribution in [0.3, 0.4) is 0 Å². The number of hydrogen-bond acceptors (Lipinski definition) is 1. The Morgan fingerprint density at radius 3 is 1.42 bits per heavy atom. The zero-order valence-electron chi connectivity index (χ0n) is 28.2. The summed E-state index contributed by atoms with van der Waals surface area (Å²) in [4.78, 5) is 0. The van der Waals surface area contributed by atoms with E-state index in [2.05, 4.69) is 175 Å². The van der Waals surface area contributed by atoms with Crippen molar-refractivity contribution in [2.45, 2.75) is 26.7 Å². The predicted molar refractivity (Wildman–Crippen MR) is 211 cm³/mol. The highest BCUT2D eigenvalue weighted by Gasteiger charge is 2.18. The van der Waals surface area contributed by atoms with Gasteiger partial charge in [-0.25, -0.2) is 0 Å². The minimum absolute atomic E-state index is 0.643. The van der Waals surface area contributed by atoms with E-state index in [4.69, 9.17) is 4.42 Å². The van der Waals surface area contributed by atoms with Gasteiger partial charge in [-0.1, -0.05) is 105 Å². The Morgan fingerprint density at radius 2 is 0.920 bits per heavy atom. The van der Waals surface area contributed by atoms with Crippen LogP contribution >= 0.6 is 0 Å². The molecule has 1 unspecified atom stereocenters. The number of rotatable bonds is 6. The summed E-state index contributed by atoms with van der Waals surface area (Å²) in [7, 11) is 0. The molecule has 0 spiro atoms. The lowest BCUT2D eigenvalue weighted by Gasteiger charge is -2.16. The fraction of sp³-hybridized carbons (Fsp3) is 0.106. The summed E-state index contributed by atoms with van der Waals surface area (Å²) in [6.07, 6.45) is 2.24. The molecule has 0 N–H and O–H groups in total. The van der Waals surface area contributed by atoms with E-state index >= 15 is 0 Å². The van der Waals surface area contributed by atoms with Gasteiger partial charge in [0, 0.05) is 43.7 Å². The second-order valence-electron chi connectivity index (χ2n) is 13.8. The standard InChI is InChI=1S/C47H36N2O/c1-3-30(2)24-31-20-22-46-40(25-31)41-28-32(21-23-47(41)50-46)33-26-34(48-42-16-8-4-12-36(42)37-13-5-9-17-43(37)48)29-35(27-33)49-44-18-10-6-14-38(44)39-15-7-11-19-45(39)49/h4-23,25-30H,3,24H2,1-2H3. The van der Waals surface area contributed by atoms with Gasteiger partial charge >= 0.3 is 0 Å². The first-order chi connectivity index (χ1) is 24.6. The van der Waals surface area contributed by atoms with Crippen molar-refractivity contribution < 1.29 is 4.42 Å². The largest absolute Gasteiger partial charge is 0.456 e. The highest BCUT2D eigenvalue weighted by atomic mass is 16.3. The molecule has 0 saturated carbocycles. The number of aromatic nitrogens is 2. The van der Waals surface area contributed by atoms with Gasteiger partial charge in [0.15, 0.2) is 0 Å². The molecule has 0 aliphatic heterocycles. The van der Waals surface area contributed by atoms with E-state index in [-0.39, 0.29) is 0 Å². The molecule has 50 heavy (non-hydrogen) atoms. The fourth-order valence-electron chi connectivity index (χ4n) is 8.10. The molecule has 10 rings (SSSR count). The van der Waals surface area contributed by atoms with Crippen LogP contribution in [0.5, 0.6) is 0 Å². The predicted octanol–water partition coefficient (Wildman–Crippen LogP) is 13.0. The average molecular weight is 645 g/mol. The van der Waals surface area contributed by atoms with E-state index in [9.17, 15) is 0 Å². The number of benzene rings is 7. The van der Waals surface area contributed by atoms with Crippen LogP contribution in [0.1, 0.15) is 25.8 Å². The maximum absolute atomic E-state index is 6.38. The van der Waals surface area contributed by atoms with Crippen molar-refractivity contribution in [3.05, 3.63) is 157 Å². The second-order valence-corrected chi connectivity index (χ2v) is 13.8. The highest BCUT2D eigenvalue weighted by Crippen LogP contribution is 2.39. The molecule has 7 aromatic carbocycles. The lowest BCUT2D eigenvalue weighted by molar-refractivity contribution is 0.560. The molecule has 1 atom stereocenters. The average Bonchev–Trinajstić information content (AvgIpc) is 3.82. The van der Waals surface area contributed by atoms with Crippen LogP contribution in [0.25, 0.3) is 88.1 Å². The van der Waals surface area contributed by atoms with Crippen molar-refractivity contribution >= 4 is 65.6 Å². The molecule has 0 bridgehead atoms. The first-order valence-corrected chi connectivity index (χ1v) is 17.7. The van der Waals surface area contributed by atoms with Crippen LogP contribution in [0.2, 0.25) is 0 Å². The summed E-state index contributed by atoms with van der Waals surface area (Å²) in [6.45, 7) is 4.60. The Balaban J connectivity index is 1.26. The Kier molecular flexibility index (Phi) is 6.50. The first kappa shape index (κ1) is 28.9. The molecule has 3 aromatic heterocycles. The fourth-order valence-corrected chi connectivity index (χ4v) is 8.10. The van der Waals surface area contributed by atoms with Gasteiger partial charge in [-0.15, -0.1) is 0 Å². The molecule has 0 aliphatic carbocycles. The molecule has 3 nitrogen and oxygen atoms in total. The maximum atomic E-state index is 6.38. The van der Waals surface area contributed by atoms with Crippen molar-refractivity contribution in [1.29, 1.82) is 0 Å². The zero-order chi connectivity index (χ0) is 33.3. The third kappa shape index (κ3) is 4.43. The molecule has 0 radical (unpaired) electrons. The maximum Gasteiger partial charge on any atom is 0.135 e. The van der Waals surface area contributed by atoms with Crippen LogP contribution in [0.15, 0.2) is 156 Å². The molecule has 3 heteroatoms. The summed E-state index contributed by atoms with van der Waals surface area (Å²) >= 11 is 0. The van der Waals surface area contributed by atoms with Gasteiger partial charge in [-0.05, 0) is 95.8 Å². The van der Waals surface area contributed by atoms with Crippen LogP contribution in [-0.4, -0.2) is 9.13 Å². The minimum atomic E-state index is 0.643. The summed E-state index contributed by atoms with van der Waals surface area (Å²) in [5.74, 6) is 0.643. The molecule has 0 saturated heterocycles.